The molecule has 2 rings (SSSR count). The third-order valence-corrected chi connectivity index (χ3v) is 2.07. The third kappa shape index (κ3) is 2.16. The Morgan fingerprint density at radius 2 is 2.56 bits per heavy atom. The second-order valence-corrected chi connectivity index (χ2v) is 3.39. The molecule has 86 valence electrons. The summed E-state index contributed by atoms with van der Waals surface area (Å²) < 4.78 is 15.7. The first kappa shape index (κ1) is 10.5. The molecule has 6 nitrogen and oxygen atoms in total. The number of nitrogen functional groups attached to an aromatic ring is 1. The fraction of sp³-hybridized carbons (Fsp3) is 0.400. The van der Waals surface area contributed by atoms with Crippen molar-refractivity contribution < 1.29 is 19.0 Å². The average molecular weight is 224 g/mol. The minimum absolute atomic E-state index is 0.144. The van der Waals surface area contributed by atoms with E-state index in [4.69, 9.17) is 19.9 Å². The Labute approximate surface area is 92.3 Å². The molecule has 0 radical (unpaired) electrons. The number of hydrogen-bond acceptors (Lipinski definition) is 6. The second kappa shape index (κ2) is 4.26. The van der Waals surface area contributed by atoms with Crippen molar-refractivity contribution in [1.29, 1.82) is 0 Å². The summed E-state index contributed by atoms with van der Waals surface area (Å²) in [5.41, 5.74) is 6.16. The molecule has 2 heterocycles. The van der Waals surface area contributed by atoms with Gasteiger partial charge in [-0.25, -0.2) is 4.98 Å². The Hall–Kier alpha value is -1.98. The third-order valence-electron chi connectivity index (χ3n) is 2.07. The highest BCUT2D eigenvalue weighted by Gasteiger charge is 2.24. The van der Waals surface area contributed by atoms with Crippen LogP contribution in [0.2, 0.25) is 0 Å². The molecule has 1 atom stereocenters. The van der Waals surface area contributed by atoms with E-state index in [1.165, 1.54) is 13.1 Å². The first-order chi connectivity index (χ1) is 7.66. The summed E-state index contributed by atoms with van der Waals surface area (Å²) >= 11 is 0. The van der Waals surface area contributed by atoms with Gasteiger partial charge in [-0.1, -0.05) is 0 Å². The molecule has 16 heavy (non-hydrogen) atoms. The van der Waals surface area contributed by atoms with Crippen LogP contribution in [0.5, 0.6) is 11.6 Å². The number of ether oxygens (including phenoxy) is 3. The van der Waals surface area contributed by atoms with E-state index in [9.17, 15) is 4.79 Å². The molecule has 0 fully saturated rings. The van der Waals surface area contributed by atoms with Crippen LogP contribution >= 0.6 is 0 Å². The van der Waals surface area contributed by atoms with Gasteiger partial charge in [0.1, 0.15) is 13.2 Å². The zero-order valence-electron chi connectivity index (χ0n) is 8.80. The van der Waals surface area contributed by atoms with E-state index in [1.54, 1.807) is 6.07 Å². The van der Waals surface area contributed by atoms with Crippen molar-refractivity contribution in [3.63, 3.8) is 0 Å². The van der Waals surface area contributed by atoms with Gasteiger partial charge in [-0.15, -0.1) is 0 Å². The van der Waals surface area contributed by atoms with Gasteiger partial charge in [0.2, 0.25) is 5.75 Å². The molecule has 1 aliphatic heterocycles. The van der Waals surface area contributed by atoms with Gasteiger partial charge < -0.3 is 19.9 Å². The summed E-state index contributed by atoms with van der Waals surface area (Å²) in [5, 5.41) is 0. The second-order valence-electron chi connectivity index (χ2n) is 3.39. The molecule has 1 unspecified atom stereocenters. The number of rotatable bonds is 2. The fourth-order valence-electron chi connectivity index (χ4n) is 1.33. The van der Waals surface area contributed by atoms with Crippen LogP contribution in [0.4, 0.5) is 5.69 Å². The van der Waals surface area contributed by atoms with Gasteiger partial charge >= 0.3 is 5.97 Å². The summed E-state index contributed by atoms with van der Waals surface area (Å²) in [7, 11) is 0. The molecule has 0 bridgehead atoms. The van der Waals surface area contributed by atoms with Crippen molar-refractivity contribution in [1.82, 2.24) is 4.98 Å². The highest BCUT2D eigenvalue weighted by molar-refractivity contribution is 5.65. The monoisotopic (exact) mass is 224 g/mol. The lowest BCUT2D eigenvalue weighted by Gasteiger charge is -2.25. The maximum absolute atomic E-state index is 10.6. The number of hydrogen-bond donors (Lipinski definition) is 1. The van der Waals surface area contributed by atoms with Gasteiger partial charge in [-0.05, 0) is 6.07 Å². The van der Waals surface area contributed by atoms with Crippen molar-refractivity contribution >= 4 is 11.7 Å². The highest BCUT2D eigenvalue weighted by Crippen LogP contribution is 2.34. The molecular weight excluding hydrogens is 212 g/mol. The number of nitrogens with zero attached hydrogens (tertiary/aromatic N) is 1. The SMILES string of the molecule is CC(=O)OCC1COc2c(N)ccnc2O1. The van der Waals surface area contributed by atoms with Gasteiger partial charge in [0.05, 0.1) is 5.69 Å². The van der Waals surface area contributed by atoms with E-state index in [0.717, 1.165) is 0 Å². The van der Waals surface area contributed by atoms with Crippen LogP contribution < -0.4 is 15.2 Å². The van der Waals surface area contributed by atoms with E-state index < -0.39 is 0 Å². The van der Waals surface area contributed by atoms with Crippen molar-refractivity contribution in [3.8, 4) is 11.6 Å². The van der Waals surface area contributed by atoms with Gasteiger partial charge in [0.15, 0.2) is 6.10 Å². The summed E-state index contributed by atoms with van der Waals surface area (Å²) in [4.78, 5) is 14.6. The van der Waals surface area contributed by atoms with Crippen LogP contribution in [0.25, 0.3) is 0 Å². The van der Waals surface area contributed by atoms with E-state index in [2.05, 4.69) is 4.98 Å². The molecule has 1 aliphatic rings. The molecule has 0 amide bonds. The van der Waals surface area contributed by atoms with E-state index >= 15 is 0 Å². The average Bonchev–Trinajstić information content (AvgIpc) is 2.26. The number of aromatic nitrogens is 1. The lowest BCUT2D eigenvalue weighted by Crippen LogP contribution is -2.34. The quantitative estimate of drug-likeness (QED) is 0.730. The zero-order chi connectivity index (χ0) is 11.5. The Balaban J connectivity index is 2.04. The number of pyridine rings is 1. The topological polar surface area (TPSA) is 83.7 Å². The summed E-state index contributed by atoms with van der Waals surface area (Å²) in [6, 6.07) is 1.63. The van der Waals surface area contributed by atoms with Crippen molar-refractivity contribution in [3.05, 3.63) is 12.3 Å². The largest absolute Gasteiger partial charge is 0.482 e. The van der Waals surface area contributed by atoms with Gasteiger partial charge in [-0.2, -0.15) is 0 Å². The van der Waals surface area contributed by atoms with E-state index in [-0.39, 0.29) is 25.3 Å². The predicted molar refractivity (Wildman–Crippen MR) is 55.2 cm³/mol. The normalized spacial score (nSPS) is 17.9. The number of carbonyl (C=O) groups is 1. The molecule has 0 saturated heterocycles. The van der Waals surface area contributed by atoms with Crippen LogP contribution in [0.15, 0.2) is 12.3 Å². The fourth-order valence-corrected chi connectivity index (χ4v) is 1.33. The van der Waals surface area contributed by atoms with Gasteiger partial charge in [0, 0.05) is 13.1 Å². The van der Waals surface area contributed by atoms with Crippen molar-refractivity contribution in [2.45, 2.75) is 13.0 Å². The Morgan fingerprint density at radius 1 is 1.75 bits per heavy atom. The van der Waals surface area contributed by atoms with Gasteiger partial charge in [0.25, 0.3) is 5.88 Å². The van der Waals surface area contributed by atoms with Gasteiger partial charge in [-0.3, -0.25) is 4.79 Å². The summed E-state index contributed by atoms with van der Waals surface area (Å²) in [6.07, 6.45) is 1.19. The molecule has 0 aliphatic carbocycles. The van der Waals surface area contributed by atoms with Crippen LogP contribution in [0.3, 0.4) is 0 Å². The minimum Gasteiger partial charge on any atom is -0.482 e. The molecule has 1 aromatic rings. The zero-order valence-corrected chi connectivity index (χ0v) is 8.80. The summed E-state index contributed by atoms with van der Waals surface area (Å²) in [6.45, 7) is 1.77. The van der Waals surface area contributed by atoms with Crippen LogP contribution in [-0.4, -0.2) is 30.3 Å². The van der Waals surface area contributed by atoms with E-state index in [0.29, 0.717) is 17.3 Å². The molecule has 1 aromatic heterocycles. The van der Waals surface area contributed by atoms with Crippen molar-refractivity contribution in [2.24, 2.45) is 0 Å². The number of carbonyl (C=O) groups excluding carboxylic acids is 1. The number of esters is 1. The highest BCUT2D eigenvalue weighted by atomic mass is 16.6. The molecule has 6 heteroatoms. The standard InChI is InChI=1S/C10H12N2O4/c1-6(13)14-4-7-5-15-9-8(11)2-3-12-10(9)16-7/h2-3,7H,4-5H2,1H3,(H2,11,12). The minimum atomic E-state index is -0.352. The number of anilines is 1. The predicted octanol–water partition coefficient (Wildman–Crippen LogP) is 0.367. The Bertz CT molecular complexity index is 408. The lowest BCUT2D eigenvalue weighted by atomic mass is 10.3. The maximum Gasteiger partial charge on any atom is 0.302 e. The first-order valence-electron chi connectivity index (χ1n) is 4.84. The molecule has 0 aromatic carbocycles. The van der Waals surface area contributed by atoms with Crippen LogP contribution in [-0.2, 0) is 9.53 Å². The number of nitrogens with two attached hydrogens (primary N) is 1. The van der Waals surface area contributed by atoms with E-state index in [1.807, 2.05) is 0 Å². The first-order valence-corrected chi connectivity index (χ1v) is 4.84. The lowest BCUT2D eigenvalue weighted by molar-refractivity contribution is -0.144. The Morgan fingerprint density at radius 3 is 3.31 bits per heavy atom. The molecule has 0 saturated carbocycles. The van der Waals surface area contributed by atoms with Crippen molar-refractivity contribution in [2.75, 3.05) is 18.9 Å². The van der Waals surface area contributed by atoms with Crippen LogP contribution in [0, 0.1) is 0 Å². The summed E-state index contributed by atoms with van der Waals surface area (Å²) in [5.74, 6) is 0.430. The van der Waals surface area contributed by atoms with Crippen LogP contribution in [0.1, 0.15) is 6.92 Å². The maximum atomic E-state index is 10.6. The molecular formula is C10H12N2O4. The Kier molecular flexibility index (Phi) is 2.80. The molecule has 2 N–H and O–H groups in total. The number of fused-ring (bicyclic) bond motifs is 1. The molecule has 0 spiro atoms. The smallest absolute Gasteiger partial charge is 0.302 e.